The number of aliphatic hydroxyl groups is 1. The van der Waals surface area contributed by atoms with Gasteiger partial charge >= 0.3 is 0 Å². The van der Waals surface area contributed by atoms with Crippen LogP contribution in [0.4, 0.5) is 0 Å². The molecule has 0 bridgehead atoms. The summed E-state index contributed by atoms with van der Waals surface area (Å²) in [4.78, 5) is 13.5. The van der Waals surface area contributed by atoms with Crippen molar-refractivity contribution in [1.82, 2.24) is 10.2 Å². The average molecular weight is 276 g/mol. The van der Waals surface area contributed by atoms with Gasteiger partial charge in [0.05, 0.1) is 12.6 Å². The van der Waals surface area contributed by atoms with Crippen molar-refractivity contribution in [3.8, 4) is 0 Å². The van der Waals surface area contributed by atoms with Gasteiger partial charge in [-0.2, -0.15) is 0 Å². The maximum Gasteiger partial charge on any atom is 0.217 e. The second-order valence-corrected chi connectivity index (χ2v) is 5.68. The molecule has 1 amide bonds. The number of hydrogen-bond acceptors (Lipinski definition) is 3. The first-order chi connectivity index (χ1) is 9.60. The third kappa shape index (κ3) is 3.81. The maximum absolute atomic E-state index is 11.1. The van der Waals surface area contributed by atoms with E-state index in [1.165, 1.54) is 25.3 Å². The number of carbonyl (C=O) groups is 1. The Bertz CT molecular complexity index is 436. The van der Waals surface area contributed by atoms with E-state index < -0.39 is 0 Å². The van der Waals surface area contributed by atoms with Crippen molar-refractivity contribution in [1.29, 1.82) is 0 Å². The van der Waals surface area contributed by atoms with Crippen molar-refractivity contribution >= 4 is 5.91 Å². The van der Waals surface area contributed by atoms with E-state index >= 15 is 0 Å². The first kappa shape index (κ1) is 15.0. The van der Waals surface area contributed by atoms with E-state index in [1.807, 2.05) is 12.1 Å². The predicted octanol–water partition coefficient (Wildman–Crippen LogP) is 1.67. The highest BCUT2D eigenvalue weighted by Gasteiger charge is 2.19. The van der Waals surface area contributed by atoms with E-state index in [-0.39, 0.29) is 18.6 Å². The van der Waals surface area contributed by atoms with Gasteiger partial charge in [-0.15, -0.1) is 0 Å². The van der Waals surface area contributed by atoms with Gasteiger partial charge in [0.2, 0.25) is 5.91 Å². The zero-order valence-electron chi connectivity index (χ0n) is 12.3. The molecule has 0 unspecified atom stereocenters. The molecule has 1 saturated heterocycles. The number of piperidine rings is 1. The summed E-state index contributed by atoms with van der Waals surface area (Å²) in [6.45, 7) is 3.69. The lowest BCUT2D eigenvalue weighted by atomic mass is 9.89. The lowest BCUT2D eigenvalue weighted by Crippen LogP contribution is -2.29. The summed E-state index contributed by atoms with van der Waals surface area (Å²) in [7, 11) is 2.17. The van der Waals surface area contributed by atoms with Crippen molar-refractivity contribution in [3.05, 3.63) is 35.4 Å². The van der Waals surface area contributed by atoms with Gasteiger partial charge < -0.3 is 15.3 Å². The van der Waals surface area contributed by atoms with Gasteiger partial charge in [-0.25, -0.2) is 0 Å². The largest absolute Gasteiger partial charge is 0.394 e. The Labute approximate surface area is 120 Å². The molecule has 1 atom stereocenters. The van der Waals surface area contributed by atoms with Crippen LogP contribution < -0.4 is 5.32 Å². The molecular formula is C16H24N2O2. The molecule has 110 valence electrons. The third-order valence-electron chi connectivity index (χ3n) is 4.09. The molecule has 0 spiro atoms. The van der Waals surface area contributed by atoms with Crippen LogP contribution in [-0.4, -0.2) is 42.7 Å². The van der Waals surface area contributed by atoms with E-state index in [9.17, 15) is 9.90 Å². The molecule has 0 saturated carbocycles. The van der Waals surface area contributed by atoms with Crippen LogP contribution in [0.2, 0.25) is 0 Å². The topological polar surface area (TPSA) is 52.6 Å². The van der Waals surface area contributed by atoms with Gasteiger partial charge in [0.15, 0.2) is 0 Å². The fraction of sp³-hybridized carbons (Fsp3) is 0.562. The molecule has 0 radical (unpaired) electrons. The van der Waals surface area contributed by atoms with E-state index in [4.69, 9.17) is 0 Å². The van der Waals surface area contributed by atoms with Crippen LogP contribution in [0.3, 0.4) is 0 Å². The average Bonchev–Trinajstić information content (AvgIpc) is 2.46. The Morgan fingerprint density at radius 2 is 1.95 bits per heavy atom. The highest BCUT2D eigenvalue weighted by atomic mass is 16.3. The second-order valence-electron chi connectivity index (χ2n) is 5.68. The van der Waals surface area contributed by atoms with E-state index in [1.54, 1.807) is 0 Å². The van der Waals surface area contributed by atoms with Crippen LogP contribution in [0.5, 0.6) is 0 Å². The molecule has 2 rings (SSSR count). The van der Waals surface area contributed by atoms with Gasteiger partial charge in [0.1, 0.15) is 0 Å². The van der Waals surface area contributed by atoms with Crippen LogP contribution in [0.15, 0.2) is 24.3 Å². The Balaban J connectivity index is 2.03. The first-order valence-electron chi connectivity index (χ1n) is 7.26. The Morgan fingerprint density at radius 3 is 2.45 bits per heavy atom. The molecule has 1 aliphatic rings. The molecule has 0 aliphatic carbocycles. The lowest BCUT2D eigenvalue weighted by Gasteiger charge is -2.29. The summed E-state index contributed by atoms with van der Waals surface area (Å²) in [5.74, 6) is 0.511. The minimum Gasteiger partial charge on any atom is -0.394 e. The number of amides is 1. The zero-order chi connectivity index (χ0) is 14.5. The monoisotopic (exact) mass is 276 g/mol. The van der Waals surface area contributed by atoms with Crippen LogP contribution in [-0.2, 0) is 4.79 Å². The number of carbonyl (C=O) groups excluding carboxylic acids is 1. The SMILES string of the molecule is CC(=O)N[C@H](CO)c1ccc(C2CCN(C)CC2)cc1. The van der Waals surface area contributed by atoms with Crippen molar-refractivity contribution in [2.24, 2.45) is 0 Å². The predicted molar refractivity (Wildman–Crippen MR) is 79.6 cm³/mol. The molecule has 1 heterocycles. The minimum absolute atomic E-state index is 0.0762. The molecule has 1 aromatic carbocycles. The quantitative estimate of drug-likeness (QED) is 0.879. The van der Waals surface area contributed by atoms with E-state index in [0.717, 1.165) is 18.7 Å². The highest BCUT2D eigenvalue weighted by Crippen LogP contribution is 2.28. The molecule has 20 heavy (non-hydrogen) atoms. The number of nitrogens with one attached hydrogen (secondary N) is 1. The molecule has 1 aliphatic heterocycles. The molecule has 1 aromatic rings. The summed E-state index contributed by atoms with van der Waals surface area (Å²) in [6.07, 6.45) is 2.40. The van der Waals surface area contributed by atoms with Crippen LogP contribution >= 0.6 is 0 Å². The normalized spacial score (nSPS) is 18.8. The number of benzene rings is 1. The van der Waals surface area contributed by atoms with Gasteiger partial charge in [-0.05, 0) is 50.0 Å². The molecule has 4 nitrogen and oxygen atoms in total. The number of rotatable bonds is 4. The molecule has 4 heteroatoms. The van der Waals surface area contributed by atoms with Gasteiger partial charge in [-0.1, -0.05) is 24.3 Å². The van der Waals surface area contributed by atoms with Crippen LogP contribution in [0, 0.1) is 0 Å². The second kappa shape index (κ2) is 6.86. The Morgan fingerprint density at radius 1 is 1.35 bits per heavy atom. The Kier molecular flexibility index (Phi) is 5.15. The standard InChI is InChI=1S/C16H24N2O2/c1-12(20)17-16(11-19)15-5-3-13(4-6-15)14-7-9-18(2)10-8-14/h3-6,14,16,19H,7-11H2,1-2H3,(H,17,20)/t16-/m1/s1. The van der Waals surface area contributed by atoms with Gasteiger partial charge in [-0.3, -0.25) is 4.79 Å². The number of hydrogen-bond donors (Lipinski definition) is 2. The van der Waals surface area contributed by atoms with Gasteiger partial charge in [0.25, 0.3) is 0 Å². The number of aliphatic hydroxyl groups excluding tert-OH is 1. The summed E-state index contributed by atoms with van der Waals surface area (Å²) < 4.78 is 0. The van der Waals surface area contributed by atoms with Crippen molar-refractivity contribution in [2.45, 2.75) is 31.7 Å². The number of nitrogens with zero attached hydrogens (tertiary/aromatic N) is 1. The van der Waals surface area contributed by atoms with Gasteiger partial charge in [0, 0.05) is 6.92 Å². The smallest absolute Gasteiger partial charge is 0.217 e. The summed E-state index contributed by atoms with van der Waals surface area (Å²) in [5, 5.41) is 12.1. The zero-order valence-corrected chi connectivity index (χ0v) is 12.3. The van der Waals surface area contributed by atoms with Crippen LogP contribution in [0.25, 0.3) is 0 Å². The molecule has 2 N–H and O–H groups in total. The molecular weight excluding hydrogens is 252 g/mol. The minimum atomic E-state index is -0.306. The Hall–Kier alpha value is -1.39. The third-order valence-corrected chi connectivity index (χ3v) is 4.09. The van der Waals surface area contributed by atoms with E-state index in [0.29, 0.717) is 5.92 Å². The molecule has 1 fully saturated rings. The summed E-state index contributed by atoms with van der Waals surface area (Å²) >= 11 is 0. The van der Waals surface area contributed by atoms with Crippen molar-refractivity contribution < 1.29 is 9.90 Å². The fourth-order valence-corrected chi connectivity index (χ4v) is 2.82. The highest BCUT2D eigenvalue weighted by molar-refractivity contribution is 5.73. The van der Waals surface area contributed by atoms with Crippen molar-refractivity contribution in [2.75, 3.05) is 26.7 Å². The summed E-state index contributed by atoms with van der Waals surface area (Å²) in [6, 6.07) is 8.00. The van der Waals surface area contributed by atoms with E-state index in [2.05, 4.69) is 29.4 Å². The first-order valence-corrected chi connectivity index (χ1v) is 7.26. The van der Waals surface area contributed by atoms with Crippen molar-refractivity contribution in [3.63, 3.8) is 0 Å². The lowest BCUT2D eigenvalue weighted by molar-refractivity contribution is -0.120. The number of likely N-dealkylation sites (tertiary alicyclic amines) is 1. The maximum atomic E-state index is 11.1. The molecule has 0 aromatic heterocycles. The van der Waals surface area contributed by atoms with Crippen LogP contribution in [0.1, 0.15) is 42.9 Å². The summed E-state index contributed by atoms with van der Waals surface area (Å²) in [5.41, 5.74) is 2.32. The fourth-order valence-electron chi connectivity index (χ4n) is 2.82.